The number of aliphatic hydroxyl groups is 1. The molecule has 0 bridgehead atoms. The van der Waals surface area contributed by atoms with Gasteiger partial charge >= 0.3 is 0 Å². The number of amidine groups is 1. The maximum atomic E-state index is 9.54. The summed E-state index contributed by atoms with van der Waals surface area (Å²) in [5.41, 5.74) is 5.89. The van der Waals surface area contributed by atoms with Crippen LogP contribution in [0.3, 0.4) is 0 Å². The molecule has 1 atom stereocenters. The Kier molecular flexibility index (Phi) is 5.21. The zero-order valence-corrected chi connectivity index (χ0v) is 19.0. The van der Waals surface area contributed by atoms with Crippen molar-refractivity contribution in [2.24, 2.45) is 27.7 Å². The second-order valence-corrected chi connectivity index (χ2v) is 9.43. The van der Waals surface area contributed by atoms with E-state index in [0.29, 0.717) is 11.8 Å². The van der Waals surface area contributed by atoms with Gasteiger partial charge in [0.15, 0.2) is 0 Å². The third-order valence-electron chi connectivity index (χ3n) is 7.33. The van der Waals surface area contributed by atoms with Crippen molar-refractivity contribution in [1.29, 1.82) is 0 Å². The van der Waals surface area contributed by atoms with Gasteiger partial charge in [0.1, 0.15) is 11.9 Å². The normalized spacial score (nSPS) is 26.1. The molecule has 0 radical (unpaired) electrons. The summed E-state index contributed by atoms with van der Waals surface area (Å²) >= 11 is 0. The highest BCUT2D eigenvalue weighted by Gasteiger charge is 2.46. The summed E-state index contributed by atoms with van der Waals surface area (Å²) in [6.45, 7) is 0.267. The summed E-state index contributed by atoms with van der Waals surface area (Å²) in [6.07, 6.45) is 9.56. The Morgan fingerprint density at radius 1 is 0.941 bits per heavy atom. The van der Waals surface area contributed by atoms with Gasteiger partial charge in [-0.05, 0) is 49.8 Å². The number of fused-ring (bicyclic) bond motifs is 2. The molecule has 6 nitrogen and oxygen atoms in total. The molecular weight excluding hydrogens is 422 g/mol. The molecule has 3 heterocycles. The summed E-state index contributed by atoms with van der Waals surface area (Å²) in [6, 6.07) is 20.7. The van der Waals surface area contributed by atoms with Gasteiger partial charge in [0.05, 0.1) is 29.2 Å². The fourth-order valence-corrected chi connectivity index (χ4v) is 5.35. The molecule has 1 aromatic heterocycles. The first kappa shape index (κ1) is 21.1. The number of quaternary nitrogens is 1. The van der Waals surface area contributed by atoms with Crippen molar-refractivity contribution in [3.8, 4) is 11.3 Å². The highest BCUT2D eigenvalue weighted by molar-refractivity contribution is 6.02. The molecular formula is C28H28N5O+. The number of nitrogens with zero attached hydrogens (tertiary/aromatic N) is 4. The van der Waals surface area contributed by atoms with Crippen molar-refractivity contribution >= 4 is 23.0 Å². The Labute approximate surface area is 199 Å². The molecule has 1 unspecified atom stereocenters. The van der Waals surface area contributed by atoms with Crippen molar-refractivity contribution in [1.82, 2.24) is 4.98 Å². The molecule has 2 aromatic carbocycles. The van der Waals surface area contributed by atoms with Crippen LogP contribution in [-0.4, -0.2) is 33.3 Å². The summed E-state index contributed by atoms with van der Waals surface area (Å²) < 4.78 is 0.0304. The molecule has 0 saturated heterocycles. The molecule has 6 heteroatoms. The minimum absolute atomic E-state index is 0.0304. The van der Waals surface area contributed by atoms with E-state index in [1.807, 2.05) is 30.6 Å². The summed E-state index contributed by atoms with van der Waals surface area (Å²) in [5, 5.41) is 10.6. The second-order valence-electron chi connectivity index (χ2n) is 9.43. The Bertz CT molecular complexity index is 1370. The summed E-state index contributed by atoms with van der Waals surface area (Å²) in [4.78, 5) is 14.5. The first-order valence-electron chi connectivity index (χ1n) is 12.0. The zero-order chi connectivity index (χ0) is 23.1. The number of aromatic nitrogens is 1. The molecule has 3 N–H and O–H groups in total. The predicted octanol–water partition coefficient (Wildman–Crippen LogP) is 4.92. The maximum absolute atomic E-state index is 9.54. The van der Waals surface area contributed by atoms with E-state index in [2.05, 4.69) is 47.5 Å². The lowest BCUT2D eigenvalue weighted by molar-refractivity contribution is -0.750. The van der Waals surface area contributed by atoms with E-state index in [0.717, 1.165) is 70.6 Å². The first-order valence-corrected chi connectivity index (χ1v) is 12.0. The Hall–Kier alpha value is -3.45. The minimum Gasteiger partial charge on any atom is -0.396 e. The molecule has 6 rings (SSSR count). The summed E-state index contributed by atoms with van der Waals surface area (Å²) in [7, 11) is 0. The zero-order valence-electron chi connectivity index (χ0n) is 19.0. The minimum atomic E-state index is 0.0304. The van der Waals surface area contributed by atoms with Crippen LogP contribution < -0.4 is 5.84 Å². The van der Waals surface area contributed by atoms with E-state index >= 15 is 0 Å². The van der Waals surface area contributed by atoms with Crippen LogP contribution in [-0.2, 0) is 0 Å². The third kappa shape index (κ3) is 3.51. The number of hydrogen-bond donors (Lipinski definition) is 2. The molecule has 2 aliphatic heterocycles. The van der Waals surface area contributed by atoms with E-state index < -0.39 is 0 Å². The van der Waals surface area contributed by atoms with Crippen LogP contribution in [0.2, 0.25) is 0 Å². The van der Waals surface area contributed by atoms with E-state index in [1.165, 1.54) is 0 Å². The van der Waals surface area contributed by atoms with Gasteiger partial charge in [-0.3, -0.25) is 4.99 Å². The molecule has 1 fully saturated rings. The average Bonchev–Trinajstić information content (AvgIpc) is 3.21. The van der Waals surface area contributed by atoms with Crippen LogP contribution in [0.4, 0.5) is 0 Å². The fourth-order valence-electron chi connectivity index (χ4n) is 5.35. The van der Waals surface area contributed by atoms with Gasteiger partial charge in [0.2, 0.25) is 5.70 Å². The third-order valence-corrected chi connectivity index (χ3v) is 7.33. The number of benzene rings is 2. The fraction of sp³-hybridized carbons (Fsp3) is 0.250. The Morgan fingerprint density at radius 2 is 1.74 bits per heavy atom. The van der Waals surface area contributed by atoms with Crippen molar-refractivity contribution in [2.75, 3.05) is 6.61 Å². The van der Waals surface area contributed by atoms with Gasteiger partial charge in [-0.2, -0.15) is 10.8 Å². The molecule has 3 aliphatic rings. The van der Waals surface area contributed by atoms with E-state index in [9.17, 15) is 5.11 Å². The van der Waals surface area contributed by atoms with Crippen molar-refractivity contribution in [3.63, 3.8) is 0 Å². The van der Waals surface area contributed by atoms with Crippen LogP contribution in [0.25, 0.3) is 22.2 Å². The number of rotatable bonds is 4. The van der Waals surface area contributed by atoms with Crippen LogP contribution in [0, 0.1) is 11.8 Å². The number of aliphatic hydroxyl groups excluding tert-OH is 1. The maximum Gasteiger partial charge on any atom is 0.264 e. The lowest BCUT2D eigenvalue weighted by Crippen LogP contribution is -2.53. The number of pyridine rings is 1. The van der Waals surface area contributed by atoms with Gasteiger partial charge in [-0.15, -0.1) is 4.59 Å². The molecule has 3 aromatic rings. The molecule has 0 spiro atoms. The Morgan fingerprint density at radius 3 is 2.53 bits per heavy atom. The SMILES string of the molecule is N[N+]12C=CN=CC1=C(C1CCC(CO)CC1)N=C2c1ccc2ccc(-c3ccccc3)nc2c1. The predicted molar refractivity (Wildman–Crippen MR) is 135 cm³/mol. The molecule has 1 saturated carbocycles. The molecule has 0 amide bonds. The van der Waals surface area contributed by atoms with Crippen LogP contribution in [0.1, 0.15) is 31.2 Å². The van der Waals surface area contributed by atoms with E-state index in [1.54, 1.807) is 6.20 Å². The monoisotopic (exact) mass is 450 g/mol. The van der Waals surface area contributed by atoms with Gasteiger partial charge in [0, 0.05) is 23.5 Å². The van der Waals surface area contributed by atoms with Gasteiger partial charge < -0.3 is 5.11 Å². The lowest BCUT2D eigenvalue weighted by atomic mass is 9.80. The van der Waals surface area contributed by atoms with Gasteiger partial charge in [-0.25, -0.2) is 4.98 Å². The first-order chi connectivity index (χ1) is 16.7. The van der Waals surface area contributed by atoms with Gasteiger partial charge in [-0.1, -0.05) is 42.5 Å². The number of nitrogens with two attached hydrogens (primary N) is 1. The smallest absolute Gasteiger partial charge is 0.264 e. The standard InChI is InChI=1S/C28H28N5O/c29-33-15-14-30-17-26(33)27(22-8-6-19(18-34)7-9-22)32-28(33)23-11-10-21-12-13-24(31-25(21)16-23)20-4-2-1-3-5-20/h1-5,10-17,19,22,34H,6-9,18,29H2/q+1. The average molecular weight is 451 g/mol. The van der Waals surface area contributed by atoms with Crippen LogP contribution in [0.5, 0.6) is 0 Å². The molecule has 1 aliphatic carbocycles. The van der Waals surface area contributed by atoms with Crippen molar-refractivity contribution < 1.29 is 9.70 Å². The molecule has 170 valence electrons. The Balaban J connectivity index is 1.40. The number of allylic oxidation sites excluding steroid dienone is 2. The number of aliphatic imine (C=N–C) groups is 2. The van der Waals surface area contributed by atoms with Crippen LogP contribution in [0.15, 0.2) is 94.4 Å². The number of hydrogen-bond acceptors (Lipinski definition) is 5. The molecule has 34 heavy (non-hydrogen) atoms. The van der Waals surface area contributed by atoms with E-state index in [4.69, 9.17) is 15.8 Å². The van der Waals surface area contributed by atoms with Gasteiger partial charge in [0.25, 0.3) is 5.84 Å². The lowest BCUT2D eigenvalue weighted by Gasteiger charge is -2.28. The van der Waals surface area contributed by atoms with E-state index in [-0.39, 0.29) is 11.2 Å². The second kappa shape index (κ2) is 8.40. The van der Waals surface area contributed by atoms with Crippen molar-refractivity contribution in [2.45, 2.75) is 25.7 Å². The largest absolute Gasteiger partial charge is 0.396 e. The van der Waals surface area contributed by atoms with Crippen LogP contribution >= 0.6 is 0 Å². The van der Waals surface area contributed by atoms with Crippen molar-refractivity contribution in [3.05, 3.63) is 90.0 Å². The highest BCUT2D eigenvalue weighted by atomic mass is 16.3. The quantitative estimate of drug-likeness (QED) is 0.437. The summed E-state index contributed by atoms with van der Waals surface area (Å²) in [5.74, 6) is 8.49. The topological polar surface area (TPSA) is 83.9 Å². The highest BCUT2D eigenvalue weighted by Crippen LogP contribution is 2.41.